The largest absolute Gasteiger partial charge is 0.372 e. The van der Waals surface area contributed by atoms with E-state index < -0.39 is 0 Å². The second kappa shape index (κ2) is 9.45. The van der Waals surface area contributed by atoms with Crippen molar-refractivity contribution in [2.75, 3.05) is 0 Å². The van der Waals surface area contributed by atoms with Gasteiger partial charge in [-0.05, 0) is 29.5 Å². The van der Waals surface area contributed by atoms with Crippen LogP contribution in [0.5, 0.6) is 0 Å². The second-order valence-electron chi connectivity index (χ2n) is 5.87. The van der Waals surface area contributed by atoms with Gasteiger partial charge in [0.2, 0.25) is 0 Å². The third-order valence-electron chi connectivity index (χ3n) is 3.84. The Morgan fingerprint density at radius 2 is 1.67 bits per heavy atom. The quantitative estimate of drug-likeness (QED) is 0.562. The monoisotopic (exact) mass is 389 g/mol. The van der Waals surface area contributed by atoms with E-state index in [1.165, 1.54) is 18.4 Å². The summed E-state index contributed by atoms with van der Waals surface area (Å²) in [5, 5.41) is 3.20. The lowest BCUT2D eigenvalue weighted by Gasteiger charge is -2.09. The highest BCUT2D eigenvalue weighted by Gasteiger charge is 2.21. The SMILES string of the molecule is Br.NC(=NCc1ccccc1COCc1ccccc1)NC1CC1. The first-order valence-corrected chi connectivity index (χ1v) is 8.06. The molecule has 1 aliphatic rings. The van der Waals surface area contributed by atoms with Crippen molar-refractivity contribution in [1.29, 1.82) is 0 Å². The fourth-order valence-corrected chi connectivity index (χ4v) is 2.36. The van der Waals surface area contributed by atoms with Gasteiger partial charge >= 0.3 is 0 Å². The summed E-state index contributed by atoms with van der Waals surface area (Å²) in [5.41, 5.74) is 9.39. The molecule has 0 aliphatic heterocycles. The Labute approximate surface area is 153 Å². The van der Waals surface area contributed by atoms with E-state index in [-0.39, 0.29) is 17.0 Å². The van der Waals surface area contributed by atoms with Crippen molar-refractivity contribution in [2.24, 2.45) is 10.7 Å². The zero-order valence-corrected chi connectivity index (χ0v) is 15.4. The minimum atomic E-state index is 0. The highest BCUT2D eigenvalue weighted by atomic mass is 79.9. The minimum absolute atomic E-state index is 0. The summed E-state index contributed by atoms with van der Waals surface area (Å²) in [6, 6.07) is 18.9. The molecule has 1 aliphatic carbocycles. The van der Waals surface area contributed by atoms with Crippen molar-refractivity contribution in [3.8, 4) is 0 Å². The molecule has 5 heteroatoms. The van der Waals surface area contributed by atoms with Crippen LogP contribution in [-0.2, 0) is 24.5 Å². The number of ether oxygens (including phenoxy) is 1. The molecule has 0 spiro atoms. The molecule has 0 heterocycles. The molecular formula is C19H24BrN3O. The van der Waals surface area contributed by atoms with Crippen LogP contribution in [0.2, 0.25) is 0 Å². The maximum Gasteiger partial charge on any atom is 0.189 e. The highest BCUT2D eigenvalue weighted by Crippen LogP contribution is 2.18. The molecule has 128 valence electrons. The molecule has 0 amide bonds. The van der Waals surface area contributed by atoms with E-state index >= 15 is 0 Å². The van der Waals surface area contributed by atoms with E-state index in [0.29, 0.717) is 31.8 Å². The first kappa shape index (κ1) is 18.5. The zero-order valence-electron chi connectivity index (χ0n) is 13.7. The molecule has 1 saturated carbocycles. The van der Waals surface area contributed by atoms with Gasteiger partial charge in [-0.2, -0.15) is 0 Å². The summed E-state index contributed by atoms with van der Waals surface area (Å²) in [7, 11) is 0. The van der Waals surface area contributed by atoms with Crippen LogP contribution < -0.4 is 11.1 Å². The van der Waals surface area contributed by atoms with Crippen LogP contribution in [0.1, 0.15) is 29.5 Å². The number of guanidine groups is 1. The Hall–Kier alpha value is -1.85. The summed E-state index contributed by atoms with van der Waals surface area (Å²) in [5.74, 6) is 0.535. The number of hydrogen-bond donors (Lipinski definition) is 2. The summed E-state index contributed by atoms with van der Waals surface area (Å²) in [4.78, 5) is 4.43. The molecule has 4 nitrogen and oxygen atoms in total. The second-order valence-corrected chi connectivity index (χ2v) is 5.87. The smallest absolute Gasteiger partial charge is 0.189 e. The Kier molecular flexibility index (Phi) is 7.28. The van der Waals surface area contributed by atoms with Gasteiger partial charge in [-0.3, -0.25) is 0 Å². The van der Waals surface area contributed by atoms with Gasteiger partial charge in [0.05, 0.1) is 19.8 Å². The normalized spacial score (nSPS) is 14.1. The van der Waals surface area contributed by atoms with Gasteiger partial charge in [-0.15, -0.1) is 17.0 Å². The van der Waals surface area contributed by atoms with Gasteiger partial charge in [0, 0.05) is 6.04 Å². The van der Waals surface area contributed by atoms with E-state index in [1.807, 2.05) is 30.3 Å². The van der Waals surface area contributed by atoms with Crippen molar-refractivity contribution in [1.82, 2.24) is 5.32 Å². The van der Waals surface area contributed by atoms with Gasteiger partial charge in [-0.25, -0.2) is 4.99 Å². The zero-order chi connectivity index (χ0) is 15.9. The molecule has 2 aromatic rings. The lowest BCUT2D eigenvalue weighted by molar-refractivity contribution is 0.106. The molecule has 0 aromatic heterocycles. The Morgan fingerprint density at radius 3 is 2.38 bits per heavy atom. The summed E-state index contributed by atoms with van der Waals surface area (Å²) >= 11 is 0. The van der Waals surface area contributed by atoms with Crippen molar-refractivity contribution in [3.05, 3.63) is 71.3 Å². The fraction of sp³-hybridized carbons (Fsp3) is 0.316. The molecular weight excluding hydrogens is 366 g/mol. The fourth-order valence-electron chi connectivity index (χ4n) is 2.36. The average Bonchev–Trinajstić information content (AvgIpc) is 3.39. The standard InChI is InChI=1S/C19H23N3O.BrH/c20-19(22-18-10-11-18)21-12-16-8-4-5-9-17(16)14-23-13-15-6-2-1-3-7-15;/h1-9,18H,10-14H2,(H3,20,21,22);1H. The van der Waals surface area contributed by atoms with Gasteiger partial charge in [0.25, 0.3) is 0 Å². The van der Waals surface area contributed by atoms with Crippen molar-refractivity contribution >= 4 is 22.9 Å². The van der Waals surface area contributed by atoms with Crippen LogP contribution >= 0.6 is 17.0 Å². The summed E-state index contributed by atoms with van der Waals surface area (Å²) in [6.07, 6.45) is 2.39. The molecule has 2 aromatic carbocycles. The molecule has 1 fully saturated rings. The number of nitrogens with one attached hydrogen (secondary N) is 1. The van der Waals surface area contributed by atoms with Crippen LogP contribution in [0.4, 0.5) is 0 Å². The molecule has 24 heavy (non-hydrogen) atoms. The van der Waals surface area contributed by atoms with E-state index in [0.717, 1.165) is 11.1 Å². The van der Waals surface area contributed by atoms with Crippen LogP contribution in [0.25, 0.3) is 0 Å². The molecule has 0 unspecified atom stereocenters. The third kappa shape index (κ3) is 5.98. The number of aliphatic imine (C=N–C) groups is 1. The number of halogens is 1. The Bertz CT molecular complexity index is 657. The van der Waals surface area contributed by atoms with E-state index in [9.17, 15) is 0 Å². The number of nitrogens with zero attached hydrogens (tertiary/aromatic N) is 1. The van der Waals surface area contributed by atoms with Gasteiger partial charge < -0.3 is 15.8 Å². The van der Waals surface area contributed by atoms with Crippen molar-refractivity contribution < 1.29 is 4.74 Å². The van der Waals surface area contributed by atoms with Crippen LogP contribution in [0.15, 0.2) is 59.6 Å². The number of nitrogens with two attached hydrogens (primary N) is 1. The Balaban J connectivity index is 0.00000208. The van der Waals surface area contributed by atoms with E-state index in [1.54, 1.807) is 0 Å². The van der Waals surface area contributed by atoms with Crippen LogP contribution in [0.3, 0.4) is 0 Å². The maximum absolute atomic E-state index is 5.90. The maximum atomic E-state index is 5.90. The predicted molar refractivity (Wildman–Crippen MR) is 103 cm³/mol. The molecule has 0 atom stereocenters. The van der Waals surface area contributed by atoms with Crippen molar-refractivity contribution in [2.45, 2.75) is 38.6 Å². The first-order chi connectivity index (χ1) is 11.3. The summed E-state index contributed by atoms with van der Waals surface area (Å²) in [6.45, 7) is 1.77. The topological polar surface area (TPSA) is 59.6 Å². The number of hydrogen-bond acceptors (Lipinski definition) is 2. The molecule has 3 rings (SSSR count). The Morgan fingerprint density at radius 1 is 1.00 bits per heavy atom. The van der Waals surface area contributed by atoms with Gasteiger partial charge in [0.15, 0.2) is 5.96 Å². The van der Waals surface area contributed by atoms with E-state index in [2.05, 4.69) is 34.6 Å². The van der Waals surface area contributed by atoms with Crippen LogP contribution in [0, 0.1) is 0 Å². The van der Waals surface area contributed by atoms with Crippen molar-refractivity contribution in [3.63, 3.8) is 0 Å². The van der Waals surface area contributed by atoms with Crippen LogP contribution in [-0.4, -0.2) is 12.0 Å². The minimum Gasteiger partial charge on any atom is -0.372 e. The molecule has 0 saturated heterocycles. The predicted octanol–water partition coefficient (Wildman–Crippen LogP) is 3.55. The molecule has 0 bridgehead atoms. The highest BCUT2D eigenvalue weighted by molar-refractivity contribution is 8.93. The number of rotatable bonds is 7. The van der Waals surface area contributed by atoms with Gasteiger partial charge in [-0.1, -0.05) is 54.6 Å². The average molecular weight is 390 g/mol. The summed E-state index contributed by atoms with van der Waals surface area (Å²) < 4.78 is 5.83. The molecule has 0 radical (unpaired) electrons. The lowest BCUT2D eigenvalue weighted by atomic mass is 10.1. The first-order valence-electron chi connectivity index (χ1n) is 8.06. The van der Waals surface area contributed by atoms with E-state index in [4.69, 9.17) is 10.5 Å². The molecule has 3 N–H and O–H groups in total. The number of benzene rings is 2. The lowest BCUT2D eigenvalue weighted by Crippen LogP contribution is -2.33. The third-order valence-corrected chi connectivity index (χ3v) is 3.84. The van der Waals surface area contributed by atoms with Gasteiger partial charge in [0.1, 0.15) is 0 Å².